The Morgan fingerprint density at radius 1 is 1.12 bits per heavy atom. The van der Waals surface area contributed by atoms with Crippen LogP contribution in [0, 0.1) is 25.7 Å². The average Bonchev–Trinajstić information content (AvgIpc) is 2.93. The van der Waals surface area contributed by atoms with Crippen LogP contribution >= 0.6 is 11.8 Å². The lowest BCUT2D eigenvalue weighted by atomic mass is 9.92. The number of likely N-dealkylation sites (tertiary alicyclic amines) is 1. The molecule has 1 saturated heterocycles. The van der Waals surface area contributed by atoms with Gasteiger partial charge >= 0.3 is 0 Å². The van der Waals surface area contributed by atoms with Gasteiger partial charge in [-0.15, -0.1) is 10.2 Å². The number of nitrogens with zero attached hydrogens (tertiary/aromatic N) is 4. The van der Waals surface area contributed by atoms with Crippen LogP contribution < -0.4 is 0 Å². The number of piperidine rings is 1. The van der Waals surface area contributed by atoms with E-state index in [9.17, 15) is 4.79 Å². The van der Waals surface area contributed by atoms with E-state index < -0.39 is 0 Å². The van der Waals surface area contributed by atoms with Crippen LogP contribution in [0.4, 0.5) is 0 Å². The van der Waals surface area contributed by atoms with Gasteiger partial charge in [0.25, 0.3) is 0 Å². The standard InChI is InChI=1S/C19H26N4OS/c1-13-5-7-17(8-6-13)23-16(4)20-21-19(23)25-12-18(24)22-10-14(2)9-15(3)11-22/h5-8,14-15H,9-12H2,1-4H3/t14-,15-/m1/s1. The van der Waals surface area contributed by atoms with Crippen LogP contribution in [0.5, 0.6) is 0 Å². The van der Waals surface area contributed by atoms with Gasteiger partial charge in [0.2, 0.25) is 5.91 Å². The van der Waals surface area contributed by atoms with Crippen molar-refractivity contribution in [3.05, 3.63) is 35.7 Å². The molecule has 1 amide bonds. The van der Waals surface area contributed by atoms with Gasteiger partial charge in [0.1, 0.15) is 5.82 Å². The smallest absolute Gasteiger partial charge is 0.233 e. The Morgan fingerprint density at radius 3 is 2.40 bits per heavy atom. The maximum absolute atomic E-state index is 12.6. The SMILES string of the molecule is Cc1ccc(-n2c(C)nnc2SCC(=O)N2C[C@H](C)C[C@@H](C)C2)cc1. The van der Waals surface area contributed by atoms with E-state index in [1.807, 2.05) is 16.4 Å². The number of carbonyl (C=O) groups is 1. The largest absolute Gasteiger partial charge is 0.341 e. The summed E-state index contributed by atoms with van der Waals surface area (Å²) in [6, 6.07) is 8.27. The molecule has 0 N–H and O–H groups in total. The van der Waals surface area contributed by atoms with Crippen molar-refractivity contribution in [1.29, 1.82) is 0 Å². The van der Waals surface area contributed by atoms with E-state index in [0.29, 0.717) is 17.6 Å². The molecule has 0 saturated carbocycles. The first kappa shape index (κ1) is 18.0. The summed E-state index contributed by atoms with van der Waals surface area (Å²) in [4.78, 5) is 14.6. The van der Waals surface area contributed by atoms with E-state index in [-0.39, 0.29) is 5.91 Å². The molecule has 0 unspecified atom stereocenters. The molecule has 1 aliphatic heterocycles. The highest BCUT2D eigenvalue weighted by molar-refractivity contribution is 7.99. The van der Waals surface area contributed by atoms with E-state index in [0.717, 1.165) is 29.8 Å². The molecule has 1 aromatic carbocycles. The highest BCUT2D eigenvalue weighted by Gasteiger charge is 2.25. The minimum Gasteiger partial charge on any atom is -0.341 e. The number of thioether (sulfide) groups is 1. The summed E-state index contributed by atoms with van der Waals surface area (Å²) >= 11 is 1.47. The molecule has 1 aliphatic rings. The number of hydrogen-bond acceptors (Lipinski definition) is 4. The Kier molecular flexibility index (Phi) is 5.47. The molecule has 2 heterocycles. The second kappa shape index (κ2) is 7.60. The molecule has 6 heteroatoms. The quantitative estimate of drug-likeness (QED) is 0.785. The number of aromatic nitrogens is 3. The summed E-state index contributed by atoms with van der Waals surface area (Å²) in [6.07, 6.45) is 1.21. The van der Waals surface area contributed by atoms with E-state index in [1.165, 1.54) is 23.7 Å². The van der Waals surface area contributed by atoms with Gasteiger partial charge in [-0.3, -0.25) is 9.36 Å². The predicted molar refractivity (Wildman–Crippen MR) is 101 cm³/mol. The Bertz CT molecular complexity index is 730. The zero-order valence-corrected chi connectivity index (χ0v) is 16.2. The van der Waals surface area contributed by atoms with Crippen LogP contribution in [0.25, 0.3) is 5.69 Å². The van der Waals surface area contributed by atoms with Crippen LogP contribution in [0.15, 0.2) is 29.4 Å². The number of carbonyl (C=O) groups excluding carboxylic acids is 1. The first-order valence-electron chi connectivity index (χ1n) is 8.83. The van der Waals surface area contributed by atoms with Crippen LogP contribution in [-0.2, 0) is 4.79 Å². The summed E-state index contributed by atoms with van der Waals surface area (Å²) in [5.74, 6) is 2.59. The molecule has 1 aromatic heterocycles. The fourth-order valence-corrected chi connectivity index (χ4v) is 4.41. The number of aryl methyl sites for hydroxylation is 2. The Labute approximate surface area is 153 Å². The number of hydrogen-bond donors (Lipinski definition) is 0. The minimum absolute atomic E-state index is 0.194. The van der Waals surface area contributed by atoms with Crippen molar-refractivity contribution in [3.63, 3.8) is 0 Å². The summed E-state index contributed by atoms with van der Waals surface area (Å²) in [7, 11) is 0. The highest BCUT2D eigenvalue weighted by atomic mass is 32.2. The van der Waals surface area contributed by atoms with Gasteiger partial charge in [0.15, 0.2) is 5.16 Å². The molecule has 2 aromatic rings. The van der Waals surface area contributed by atoms with Crippen molar-refractivity contribution >= 4 is 17.7 Å². The van der Waals surface area contributed by atoms with Gasteiger partial charge in [0.05, 0.1) is 5.75 Å². The molecule has 0 spiro atoms. The van der Waals surface area contributed by atoms with Gasteiger partial charge in [0, 0.05) is 18.8 Å². The molecule has 2 atom stereocenters. The maximum atomic E-state index is 12.6. The molecular formula is C19H26N4OS. The van der Waals surface area contributed by atoms with Crippen LogP contribution in [0.3, 0.4) is 0 Å². The Hall–Kier alpha value is -1.82. The van der Waals surface area contributed by atoms with Crippen molar-refractivity contribution in [2.45, 2.75) is 39.3 Å². The molecule has 0 bridgehead atoms. The van der Waals surface area contributed by atoms with E-state index >= 15 is 0 Å². The number of rotatable bonds is 4. The number of benzene rings is 1. The fourth-order valence-electron chi connectivity index (χ4n) is 3.51. The summed E-state index contributed by atoms with van der Waals surface area (Å²) in [5, 5.41) is 9.24. The zero-order chi connectivity index (χ0) is 18.0. The van der Waals surface area contributed by atoms with E-state index in [2.05, 4.69) is 55.2 Å². The van der Waals surface area contributed by atoms with Crippen molar-refractivity contribution in [1.82, 2.24) is 19.7 Å². The summed E-state index contributed by atoms with van der Waals surface area (Å²) in [6.45, 7) is 10.2. The van der Waals surface area contributed by atoms with Gasteiger partial charge in [-0.2, -0.15) is 0 Å². The first-order chi connectivity index (χ1) is 11.9. The first-order valence-corrected chi connectivity index (χ1v) is 9.82. The molecule has 25 heavy (non-hydrogen) atoms. The van der Waals surface area contributed by atoms with Gasteiger partial charge < -0.3 is 4.90 Å². The van der Waals surface area contributed by atoms with Crippen molar-refractivity contribution < 1.29 is 4.79 Å². The molecule has 134 valence electrons. The fraction of sp³-hybridized carbons (Fsp3) is 0.526. The second-order valence-electron chi connectivity index (χ2n) is 7.23. The van der Waals surface area contributed by atoms with E-state index in [4.69, 9.17) is 0 Å². The molecule has 5 nitrogen and oxygen atoms in total. The third kappa shape index (κ3) is 4.24. The van der Waals surface area contributed by atoms with Crippen LogP contribution in [-0.4, -0.2) is 44.4 Å². The molecule has 0 aliphatic carbocycles. The predicted octanol–water partition coefficient (Wildman–Crippen LogP) is 3.48. The summed E-state index contributed by atoms with van der Waals surface area (Å²) < 4.78 is 2.01. The zero-order valence-electron chi connectivity index (χ0n) is 15.4. The van der Waals surface area contributed by atoms with E-state index in [1.54, 1.807) is 0 Å². The van der Waals surface area contributed by atoms with Crippen molar-refractivity contribution in [2.24, 2.45) is 11.8 Å². The summed E-state index contributed by atoms with van der Waals surface area (Å²) in [5.41, 5.74) is 2.25. The third-order valence-electron chi connectivity index (χ3n) is 4.63. The normalized spacial score (nSPS) is 20.7. The monoisotopic (exact) mass is 358 g/mol. The van der Waals surface area contributed by atoms with Gasteiger partial charge in [-0.1, -0.05) is 43.3 Å². The number of amides is 1. The highest BCUT2D eigenvalue weighted by Crippen LogP contribution is 2.25. The Balaban J connectivity index is 1.70. The topological polar surface area (TPSA) is 51.0 Å². The Morgan fingerprint density at radius 2 is 1.76 bits per heavy atom. The van der Waals surface area contributed by atoms with Gasteiger partial charge in [-0.25, -0.2) is 0 Å². The lowest BCUT2D eigenvalue weighted by Gasteiger charge is -2.34. The molecule has 3 rings (SSSR count). The van der Waals surface area contributed by atoms with Crippen molar-refractivity contribution in [3.8, 4) is 5.69 Å². The minimum atomic E-state index is 0.194. The second-order valence-corrected chi connectivity index (χ2v) is 8.18. The average molecular weight is 359 g/mol. The maximum Gasteiger partial charge on any atom is 0.233 e. The lowest BCUT2D eigenvalue weighted by molar-refractivity contribution is -0.130. The van der Waals surface area contributed by atoms with Crippen LogP contribution in [0.2, 0.25) is 0 Å². The lowest BCUT2D eigenvalue weighted by Crippen LogP contribution is -2.43. The molecule has 1 fully saturated rings. The third-order valence-corrected chi connectivity index (χ3v) is 5.55. The van der Waals surface area contributed by atoms with Gasteiger partial charge in [-0.05, 0) is 44.2 Å². The molecular weight excluding hydrogens is 332 g/mol. The molecule has 0 radical (unpaired) electrons. The van der Waals surface area contributed by atoms with Crippen LogP contribution in [0.1, 0.15) is 31.7 Å². The van der Waals surface area contributed by atoms with Crippen molar-refractivity contribution in [2.75, 3.05) is 18.8 Å².